The number of aliphatic hydroxyl groups excluding tert-OH is 1. The number of halogens is 6. The zero-order valence-electron chi connectivity index (χ0n) is 45.6. The van der Waals surface area contributed by atoms with Crippen LogP contribution in [0.4, 0.5) is 26.3 Å². The van der Waals surface area contributed by atoms with Crippen LogP contribution in [-0.2, 0) is 18.0 Å². The van der Waals surface area contributed by atoms with Crippen molar-refractivity contribution in [3.8, 4) is 17.2 Å². The first-order valence-electron chi connectivity index (χ1n) is 28.6. The highest BCUT2D eigenvalue weighted by atomic mass is 32.1. The fourth-order valence-electron chi connectivity index (χ4n) is 9.74. The average Bonchev–Trinajstić information content (AvgIpc) is 3.97. The number of aliphatic hydroxyl groups is 1. The van der Waals surface area contributed by atoms with Crippen LogP contribution in [0, 0.1) is 13.8 Å². The predicted molar refractivity (Wildman–Crippen MR) is 293 cm³/mol. The maximum Gasteiger partial charge on any atom is 0.380 e. The molecule has 4 rings (SSSR count). The number of benzene rings is 1. The second kappa shape index (κ2) is 33.8. The van der Waals surface area contributed by atoms with Crippen molar-refractivity contribution >= 4 is 39.8 Å². The summed E-state index contributed by atoms with van der Waals surface area (Å²) in [5.74, 6) is -15.8. The highest BCUT2D eigenvalue weighted by molar-refractivity contribution is 7.12. The number of carbonyl (C=O) groups excluding carboxylic acids is 1. The minimum Gasteiger partial charge on any atom is -0.490 e. The van der Waals surface area contributed by atoms with Gasteiger partial charge < -0.3 is 24.1 Å². The van der Waals surface area contributed by atoms with Crippen LogP contribution >= 0.6 is 22.7 Å². The maximum atomic E-state index is 15.8. The summed E-state index contributed by atoms with van der Waals surface area (Å²) in [7, 11) is 0. The van der Waals surface area contributed by atoms with Crippen molar-refractivity contribution in [1.29, 1.82) is 0 Å². The van der Waals surface area contributed by atoms with Gasteiger partial charge in [-0.2, -0.15) is 26.3 Å². The second-order valence-corrected chi connectivity index (χ2v) is 23.1. The van der Waals surface area contributed by atoms with E-state index in [0.29, 0.717) is 37.1 Å². The predicted octanol–water partition coefficient (Wildman–Crippen LogP) is 20.0. The van der Waals surface area contributed by atoms with Crippen LogP contribution in [0.3, 0.4) is 0 Å². The van der Waals surface area contributed by atoms with Gasteiger partial charge in [0.15, 0.2) is 11.5 Å². The number of alkyl halides is 6. The number of aryl methyl sites for hydroxylation is 2. The summed E-state index contributed by atoms with van der Waals surface area (Å²) in [5.41, 5.74) is -3.80. The number of allylic oxidation sites excluding steroid dienone is 2. The Labute approximate surface area is 448 Å². The van der Waals surface area contributed by atoms with E-state index in [0.717, 1.165) is 92.6 Å². The number of esters is 1. The average molecular weight is 1090 g/mol. The lowest BCUT2D eigenvalue weighted by Crippen LogP contribution is -2.48. The molecule has 0 atom stereocenters. The Morgan fingerprint density at radius 2 is 0.797 bits per heavy atom. The topological polar surface area (TPSA) is 74.2 Å². The maximum absolute atomic E-state index is 15.8. The van der Waals surface area contributed by atoms with Crippen LogP contribution in [0.2, 0.25) is 0 Å². The molecule has 2 heterocycles. The molecule has 0 aliphatic heterocycles. The van der Waals surface area contributed by atoms with Crippen LogP contribution in [-0.4, -0.2) is 48.7 Å². The number of ether oxygens (including phenoxy) is 4. The van der Waals surface area contributed by atoms with E-state index in [1.54, 1.807) is 12.1 Å². The smallest absolute Gasteiger partial charge is 0.380 e. The van der Waals surface area contributed by atoms with E-state index in [9.17, 15) is 9.90 Å². The molecule has 0 radical (unpaired) electrons. The van der Waals surface area contributed by atoms with Gasteiger partial charge >= 0.3 is 23.7 Å². The summed E-state index contributed by atoms with van der Waals surface area (Å²) in [6.45, 7) is 9.63. The Kier molecular flexibility index (Phi) is 28.9. The summed E-state index contributed by atoms with van der Waals surface area (Å²) in [6.07, 6.45) is 35.0. The van der Waals surface area contributed by atoms with E-state index >= 15 is 26.3 Å². The van der Waals surface area contributed by atoms with Gasteiger partial charge in [0.25, 0.3) is 0 Å². The molecule has 3 aromatic rings. The molecule has 6 nitrogen and oxygen atoms in total. The van der Waals surface area contributed by atoms with Crippen LogP contribution in [0.1, 0.15) is 254 Å². The standard InChI is InChI=1S/C60H90F6O6S2/c1-6-9-12-15-18-21-24-27-30-33-36-69-52-39-47(40-53(70-37-34-31-28-25-22-19-16-13-10-7-2)56(52)71-38-35-32-29-26-23-20-17-14-11-8-3)57(68)72-44-49-42-51(46(5)74-49)55-54(50-41-48(43-67)73-45(50)4)58(61,62)60(65,66)59(55,63)64/h39-42,67H,6-38,43-44H2,1-5H3. The fourth-order valence-corrected chi connectivity index (χ4v) is 11.6. The summed E-state index contributed by atoms with van der Waals surface area (Å²) in [4.78, 5) is 14.5. The lowest BCUT2D eigenvalue weighted by atomic mass is 9.95. The number of rotatable bonds is 42. The van der Waals surface area contributed by atoms with E-state index in [1.807, 2.05) is 0 Å². The lowest BCUT2D eigenvalue weighted by molar-refractivity contribution is -0.254. The number of thiophene rings is 2. The molecule has 1 N–H and O–H groups in total. The van der Waals surface area contributed by atoms with Crippen LogP contribution in [0.25, 0.3) is 11.1 Å². The first-order chi connectivity index (χ1) is 35.7. The minimum absolute atomic E-state index is 0.0706. The number of hydrogen-bond donors (Lipinski definition) is 1. The molecule has 0 bridgehead atoms. The van der Waals surface area contributed by atoms with Crippen LogP contribution < -0.4 is 14.2 Å². The highest BCUT2D eigenvalue weighted by Crippen LogP contribution is 2.66. The first kappa shape index (κ1) is 63.3. The van der Waals surface area contributed by atoms with E-state index < -0.39 is 59.2 Å². The van der Waals surface area contributed by atoms with Crippen molar-refractivity contribution in [2.75, 3.05) is 19.8 Å². The van der Waals surface area contributed by atoms with E-state index in [4.69, 9.17) is 18.9 Å². The lowest BCUT2D eigenvalue weighted by Gasteiger charge is -2.25. The Bertz CT molecular complexity index is 2050. The van der Waals surface area contributed by atoms with Crippen molar-refractivity contribution in [3.63, 3.8) is 0 Å². The molecule has 74 heavy (non-hydrogen) atoms. The molecule has 2 aromatic heterocycles. The second-order valence-electron chi connectivity index (χ2n) is 20.5. The van der Waals surface area contributed by atoms with Crippen molar-refractivity contribution in [2.45, 2.75) is 258 Å². The van der Waals surface area contributed by atoms with Gasteiger partial charge in [-0.15, -0.1) is 22.7 Å². The normalized spacial score (nSPS) is 14.8. The van der Waals surface area contributed by atoms with Gasteiger partial charge in [-0.25, -0.2) is 4.79 Å². The number of unbranched alkanes of at least 4 members (excludes halogenated alkanes) is 27. The molecule has 0 saturated carbocycles. The van der Waals surface area contributed by atoms with Gasteiger partial charge in [-0.05, 0) is 68.5 Å². The summed E-state index contributed by atoms with van der Waals surface area (Å²) < 4.78 is 118. The van der Waals surface area contributed by atoms with Gasteiger partial charge in [-0.3, -0.25) is 0 Å². The van der Waals surface area contributed by atoms with Gasteiger partial charge in [0.05, 0.1) is 32.0 Å². The molecule has 0 unspecified atom stereocenters. The molecular weight excluding hydrogens is 995 g/mol. The molecule has 0 amide bonds. The Morgan fingerprint density at radius 1 is 0.473 bits per heavy atom. The zero-order valence-corrected chi connectivity index (χ0v) is 47.3. The number of hydrogen-bond acceptors (Lipinski definition) is 8. The minimum atomic E-state index is -5.73. The van der Waals surface area contributed by atoms with Gasteiger partial charge in [-0.1, -0.05) is 194 Å². The largest absolute Gasteiger partial charge is 0.490 e. The fraction of sp³-hybridized carbons (Fsp3) is 0.717. The molecular formula is C60H90F6O6S2. The SMILES string of the molecule is CCCCCCCCCCCCOc1cc(C(=O)OCc2cc(C3=C(c4cc(CO)sc4C)C(F)(F)C(F)(F)C3(F)F)c(C)s2)cc(OCCCCCCCCCCCC)c1OCCCCCCCCCCCC. The monoisotopic (exact) mass is 1080 g/mol. The molecule has 14 heteroatoms. The van der Waals surface area contributed by atoms with Crippen LogP contribution in [0.15, 0.2) is 24.3 Å². The summed E-state index contributed by atoms with van der Waals surface area (Å²) in [5, 5.41) is 9.67. The third-order valence-corrected chi connectivity index (χ3v) is 16.2. The van der Waals surface area contributed by atoms with Crippen molar-refractivity contribution < 1.29 is 55.2 Å². The first-order valence-corrected chi connectivity index (χ1v) is 30.2. The number of carbonyl (C=O) groups is 1. The van der Waals surface area contributed by atoms with Crippen molar-refractivity contribution in [2.24, 2.45) is 0 Å². The van der Waals surface area contributed by atoms with E-state index in [-0.39, 0.29) is 25.1 Å². The summed E-state index contributed by atoms with van der Waals surface area (Å²) >= 11 is 1.75. The van der Waals surface area contributed by atoms with Gasteiger partial charge in [0.2, 0.25) is 5.75 Å². The van der Waals surface area contributed by atoms with Gasteiger partial charge in [0.1, 0.15) is 6.61 Å². The molecule has 0 fully saturated rings. The molecule has 1 aromatic carbocycles. The van der Waals surface area contributed by atoms with E-state index in [1.165, 1.54) is 149 Å². The van der Waals surface area contributed by atoms with Crippen molar-refractivity contribution in [1.82, 2.24) is 0 Å². The van der Waals surface area contributed by atoms with Crippen LogP contribution in [0.5, 0.6) is 17.2 Å². The Hall–Kier alpha value is -3.23. The molecule has 0 saturated heterocycles. The molecule has 1 aliphatic carbocycles. The van der Waals surface area contributed by atoms with E-state index in [2.05, 4.69) is 20.8 Å². The van der Waals surface area contributed by atoms with Gasteiger partial charge in [0, 0.05) is 30.7 Å². The molecule has 1 aliphatic rings. The zero-order chi connectivity index (χ0) is 53.8. The molecule has 420 valence electrons. The Balaban J connectivity index is 1.55. The third-order valence-electron chi connectivity index (χ3n) is 14.2. The summed E-state index contributed by atoms with van der Waals surface area (Å²) in [6, 6.07) is 5.34. The quantitative estimate of drug-likeness (QED) is 0.0346. The third kappa shape index (κ3) is 19.0. The molecule has 0 spiro atoms. The van der Waals surface area contributed by atoms with Crippen molar-refractivity contribution in [3.05, 3.63) is 60.5 Å². The highest BCUT2D eigenvalue weighted by Gasteiger charge is 2.80. The Morgan fingerprint density at radius 3 is 1.15 bits per heavy atom.